The number of carbonyl (C=O) groups excluding carboxylic acids is 2. The van der Waals surface area contributed by atoms with E-state index in [2.05, 4.69) is 43.6 Å². The fourth-order valence-electron chi connectivity index (χ4n) is 1.82. The maximum Gasteiger partial charge on any atom is 0.407 e. The van der Waals surface area contributed by atoms with Gasteiger partial charge in [0.25, 0.3) is 0 Å². The van der Waals surface area contributed by atoms with Crippen LogP contribution >= 0.6 is 0 Å². The minimum atomic E-state index is -0.496. The van der Waals surface area contributed by atoms with Gasteiger partial charge in [0.05, 0.1) is 6.54 Å². The van der Waals surface area contributed by atoms with Crippen molar-refractivity contribution >= 4 is 12.0 Å². The molecule has 6 heteroatoms. The summed E-state index contributed by atoms with van der Waals surface area (Å²) in [5.41, 5.74) is -0.496. The van der Waals surface area contributed by atoms with E-state index in [0.717, 1.165) is 0 Å². The lowest BCUT2D eigenvalue weighted by Gasteiger charge is -2.24. The lowest BCUT2D eigenvalue weighted by molar-refractivity contribution is -0.120. The van der Waals surface area contributed by atoms with Gasteiger partial charge in [0, 0.05) is 19.6 Å². The van der Waals surface area contributed by atoms with Crippen LogP contribution in [-0.4, -0.2) is 43.8 Å². The Balaban J connectivity index is 4.08. The molecule has 0 saturated carbocycles. The van der Waals surface area contributed by atoms with Crippen molar-refractivity contribution in [1.82, 2.24) is 16.0 Å². The molecule has 0 radical (unpaired) electrons. The molecule has 2 amide bonds. The van der Waals surface area contributed by atoms with E-state index in [1.165, 1.54) is 0 Å². The number of hydrogen-bond acceptors (Lipinski definition) is 4. The molecule has 0 heterocycles. The Hall–Kier alpha value is -1.30. The molecule has 0 bridgehead atoms. The molecular formula is C17H35N3O3. The van der Waals surface area contributed by atoms with Crippen LogP contribution in [0.15, 0.2) is 0 Å². The van der Waals surface area contributed by atoms with E-state index < -0.39 is 11.7 Å². The Bertz CT molecular complexity index is 363. The maximum absolute atomic E-state index is 11.7. The largest absolute Gasteiger partial charge is 0.444 e. The van der Waals surface area contributed by atoms with Gasteiger partial charge in [0.1, 0.15) is 5.60 Å². The fourth-order valence-corrected chi connectivity index (χ4v) is 1.82. The molecule has 136 valence electrons. The first kappa shape index (κ1) is 21.7. The predicted octanol–water partition coefficient (Wildman–Crippen LogP) is 2.15. The number of alkyl carbamates (subject to hydrolysis) is 1. The minimum absolute atomic E-state index is 0.00121. The fraction of sp³-hybridized carbons (Fsp3) is 0.882. The smallest absolute Gasteiger partial charge is 0.407 e. The van der Waals surface area contributed by atoms with E-state index in [9.17, 15) is 9.59 Å². The van der Waals surface area contributed by atoms with Crippen molar-refractivity contribution in [3.8, 4) is 0 Å². The monoisotopic (exact) mass is 329 g/mol. The lowest BCUT2D eigenvalue weighted by atomic mass is 9.96. The lowest BCUT2D eigenvalue weighted by Crippen LogP contribution is -2.42. The summed E-state index contributed by atoms with van der Waals surface area (Å²) in [6.07, 6.45) is -0.405. The average Bonchev–Trinajstić information content (AvgIpc) is 2.37. The Morgan fingerprint density at radius 1 is 0.957 bits per heavy atom. The Morgan fingerprint density at radius 2 is 1.57 bits per heavy atom. The molecule has 0 aromatic carbocycles. The Labute approximate surface area is 141 Å². The minimum Gasteiger partial charge on any atom is -0.444 e. The van der Waals surface area contributed by atoms with Crippen LogP contribution in [0.5, 0.6) is 0 Å². The van der Waals surface area contributed by atoms with Gasteiger partial charge in [0.15, 0.2) is 0 Å². The third-order valence-electron chi connectivity index (χ3n) is 3.25. The molecule has 0 aromatic rings. The summed E-state index contributed by atoms with van der Waals surface area (Å²) >= 11 is 0. The summed E-state index contributed by atoms with van der Waals surface area (Å²) in [6, 6.07) is 0. The molecule has 23 heavy (non-hydrogen) atoms. The van der Waals surface area contributed by atoms with Crippen LogP contribution in [0.1, 0.15) is 48.5 Å². The van der Waals surface area contributed by atoms with Crippen molar-refractivity contribution in [2.45, 2.75) is 54.1 Å². The second-order valence-corrected chi connectivity index (χ2v) is 7.72. The maximum atomic E-state index is 11.7. The molecule has 0 aliphatic carbocycles. The van der Waals surface area contributed by atoms with Crippen LogP contribution < -0.4 is 16.0 Å². The van der Waals surface area contributed by atoms with Gasteiger partial charge in [-0.3, -0.25) is 4.79 Å². The summed E-state index contributed by atoms with van der Waals surface area (Å²) in [5.74, 6) is 1.07. The zero-order valence-electron chi connectivity index (χ0n) is 15.8. The molecule has 0 saturated heterocycles. The Kier molecular flexibility index (Phi) is 9.88. The topological polar surface area (TPSA) is 79.5 Å². The van der Waals surface area contributed by atoms with Gasteiger partial charge in [-0.2, -0.15) is 0 Å². The normalized spacial score (nSPS) is 13.1. The molecule has 1 unspecified atom stereocenters. The molecule has 6 nitrogen and oxygen atoms in total. The molecular weight excluding hydrogens is 294 g/mol. The molecule has 0 aliphatic heterocycles. The highest BCUT2D eigenvalue weighted by atomic mass is 16.6. The van der Waals surface area contributed by atoms with E-state index in [1.54, 1.807) is 0 Å². The first-order valence-electron chi connectivity index (χ1n) is 8.45. The second kappa shape index (κ2) is 10.5. The van der Waals surface area contributed by atoms with E-state index in [1.807, 2.05) is 20.8 Å². The number of nitrogens with one attached hydrogen (secondary N) is 3. The highest BCUT2D eigenvalue weighted by molar-refractivity contribution is 5.77. The standard InChI is InChI=1S/C17H35N3O3/c1-12(2)8-19-15(21)11-18-9-14(13(3)4)10-20-16(22)23-17(5,6)7/h12-14,18H,8-11H2,1-7H3,(H,19,21)(H,20,22). The Morgan fingerprint density at radius 3 is 2.04 bits per heavy atom. The van der Waals surface area contributed by atoms with Crippen LogP contribution in [0.3, 0.4) is 0 Å². The van der Waals surface area contributed by atoms with E-state index in [4.69, 9.17) is 4.74 Å². The molecule has 0 aliphatic rings. The average molecular weight is 329 g/mol. The summed E-state index contributed by atoms with van der Waals surface area (Å²) in [5, 5.41) is 8.83. The molecule has 0 fully saturated rings. The van der Waals surface area contributed by atoms with Gasteiger partial charge >= 0.3 is 6.09 Å². The van der Waals surface area contributed by atoms with Crippen molar-refractivity contribution in [3.63, 3.8) is 0 Å². The first-order chi connectivity index (χ1) is 10.5. The third-order valence-corrected chi connectivity index (χ3v) is 3.25. The third kappa shape index (κ3) is 12.9. The summed E-state index contributed by atoms with van der Waals surface area (Å²) in [7, 11) is 0. The number of rotatable bonds is 9. The van der Waals surface area contributed by atoms with Crippen molar-refractivity contribution in [3.05, 3.63) is 0 Å². The van der Waals surface area contributed by atoms with E-state index in [-0.39, 0.29) is 11.8 Å². The first-order valence-corrected chi connectivity index (χ1v) is 8.45. The second-order valence-electron chi connectivity index (χ2n) is 7.72. The highest BCUT2D eigenvalue weighted by Crippen LogP contribution is 2.10. The predicted molar refractivity (Wildman–Crippen MR) is 93.3 cm³/mol. The van der Waals surface area contributed by atoms with Crippen molar-refractivity contribution in [1.29, 1.82) is 0 Å². The number of carbonyl (C=O) groups is 2. The van der Waals surface area contributed by atoms with Gasteiger partial charge in [-0.25, -0.2) is 4.79 Å². The van der Waals surface area contributed by atoms with Crippen molar-refractivity contribution < 1.29 is 14.3 Å². The summed E-state index contributed by atoms with van der Waals surface area (Å²) in [4.78, 5) is 23.4. The van der Waals surface area contributed by atoms with Crippen LogP contribution in [-0.2, 0) is 9.53 Å². The zero-order valence-corrected chi connectivity index (χ0v) is 15.8. The summed E-state index contributed by atoms with van der Waals surface area (Å²) < 4.78 is 5.23. The van der Waals surface area contributed by atoms with Gasteiger partial charge in [-0.05, 0) is 38.5 Å². The molecule has 3 N–H and O–H groups in total. The van der Waals surface area contributed by atoms with Crippen molar-refractivity contribution in [2.24, 2.45) is 17.8 Å². The SMILES string of the molecule is CC(C)CNC(=O)CNCC(CNC(=O)OC(C)(C)C)C(C)C. The number of ether oxygens (including phenoxy) is 1. The molecule has 0 rings (SSSR count). The van der Waals surface area contributed by atoms with Crippen LogP contribution in [0.2, 0.25) is 0 Å². The van der Waals surface area contributed by atoms with Crippen LogP contribution in [0.4, 0.5) is 4.79 Å². The zero-order chi connectivity index (χ0) is 18.0. The van der Waals surface area contributed by atoms with Gasteiger partial charge < -0.3 is 20.7 Å². The van der Waals surface area contributed by atoms with Crippen molar-refractivity contribution in [2.75, 3.05) is 26.2 Å². The van der Waals surface area contributed by atoms with E-state index in [0.29, 0.717) is 38.0 Å². The highest BCUT2D eigenvalue weighted by Gasteiger charge is 2.19. The van der Waals surface area contributed by atoms with Gasteiger partial charge in [-0.15, -0.1) is 0 Å². The summed E-state index contributed by atoms with van der Waals surface area (Å²) in [6.45, 7) is 16.0. The molecule has 0 spiro atoms. The van der Waals surface area contributed by atoms with E-state index >= 15 is 0 Å². The molecule has 1 atom stereocenters. The van der Waals surface area contributed by atoms with Crippen LogP contribution in [0, 0.1) is 17.8 Å². The number of hydrogen-bond donors (Lipinski definition) is 3. The quantitative estimate of drug-likeness (QED) is 0.605. The van der Waals surface area contributed by atoms with Crippen LogP contribution in [0.25, 0.3) is 0 Å². The van der Waals surface area contributed by atoms with Gasteiger partial charge in [0.2, 0.25) is 5.91 Å². The van der Waals surface area contributed by atoms with Gasteiger partial charge in [-0.1, -0.05) is 27.7 Å². The number of amides is 2. The molecule has 0 aromatic heterocycles.